The van der Waals surface area contributed by atoms with Crippen LogP contribution < -0.4 is 11.1 Å². The zero-order valence-electron chi connectivity index (χ0n) is 23.8. The number of rotatable bonds is 7. The second-order valence-corrected chi connectivity index (χ2v) is 10.9. The van der Waals surface area contributed by atoms with Gasteiger partial charge in [0.1, 0.15) is 11.5 Å². The van der Waals surface area contributed by atoms with Gasteiger partial charge in [-0.15, -0.1) is 0 Å². The van der Waals surface area contributed by atoms with Crippen LogP contribution in [0.1, 0.15) is 69.5 Å². The van der Waals surface area contributed by atoms with E-state index < -0.39 is 5.66 Å². The van der Waals surface area contributed by atoms with E-state index in [1.54, 1.807) is 6.20 Å². The Morgan fingerprint density at radius 3 is 2.85 bits per heavy atom. The van der Waals surface area contributed by atoms with E-state index in [1.165, 1.54) is 33.7 Å². The molecule has 3 heterocycles. The Balaban J connectivity index is 0.00000370. The predicted octanol–water partition coefficient (Wildman–Crippen LogP) is 5.41. The molecule has 0 bridgehead atoms. The van der Waals surface area contributed by atoms with Gasteiger partial charge >= 0.3 is 0 Å². The fourth-order valence-corrected chi connectivity index (χ4v) is 5.79. The molecule has 5 rings (SSSR count). The molecule has 0 radical (unpaired) electrons. The number of anilines is 1. The average molecular weight is 527 g/mol. The van der Waals surface area contributed by atoms with Crippen LogP contribution in [0.2, 0.25) is 0 Å². The number of fused-ring (bicyclic) bond motifs is 2. The molecule has 8 nitrogen and oxygen atoms in total. The van der Waals surface area contributed by atoms with Gasteiger partial charge in [-0.05, 0) is 67.7 Å². The molecule has 3 N–H and O–H groups in total. The Bertz CT molecular complexity index is 1470. The normalized spacial score (nSPS) is 22.4. The van der Waals surface area contributed by atoms with E-state index in [0.29, 0.717) is 5.92 Å². The second kappa shape index (κ2) is 11.0. The minimum Gasteiger partial charge on any atom is -0.404 e. The molecule has 0 spiro atoms. The van der Waals surface area contributed by atoms with Gasteiger partial charge < -0.3 is 11.1 Å². The van der Waals surface area contributed by atoms with E-state index in [0.717, 1.165) is 55.6 Å². The zero-order chi connectivity index (χ0) is 27.6. The van der Waals surface area contributed by atoms with Gasteiger partial charge in [-0.3, -0.25) is 19.3 Å². The van der Waals surface area contributed by atoms with Gasteiger partial charge in [0.25, 0.3) is 0 Å². The maximum Gasteiger partial charge on any atom is 0.149 e. The highest BCUT2D eigenvalue weighted by Gasteiger charge is 2.33. The van der Waals surface area contributed by atoms with E-state index in [2.05, 4.69) is 71.5 Å². The molecule has 0 saturated heterocycles. The van der Waals surface area contributed by atoms with E-state index in [1.807, 2.05) is 37.1 Å². The van der Waals surface area contributed by atoms with Crippen LogP contribution in [0, 0.1) is 5.92 Å². The highest BCUT2D eigenvalue weighted by atomic mass is 15.3. The number of aryl methyl sites for hydroxylation is 3. The summed E-state index contributed by atoms with van der Waals surface area (Å²) >= 11 is 0. The first kappa shape index (κ1) is 26.7. The Labute approximate surface area is 232 Å². The van der Waals surface area contributed by atoms with Crippen LogP contribution in [0.25, 0.3) is 11.1 Å². The SMILES string of the molecule is CCN=C/C(=C\N)c1cccc(Cc2c3c(nn2C)CCC2=C3C(C)CCC(C)(Nc3ccn(C)n3)/N=C\2)c1.[HH]. The third-order valence-electron chi connectivity index (χ3n) is 7.88. The van der Waals surface area contributed by atoms with Gasteiger partial charge in [-0.1, -0.05) is 31.2 Å². The molecular weight excluding hydrogens is 484 g/mol. The zero-order valence-corrected chi connectivity index (χ0v) is 23.8. The van der Waals surface area contributed by atoms with Gasteiger partial charge in [0.05, 0.1) is 11.4 Å². The van der Waals surface area contributed by atoms with Gasteiger partial charge in [-0.2, -0.15) is 10.2 Å². The summed E-state index contributed by atoms with van der Waals surface area (Å²) in [6, 6.07) is 10.6. The topological polar surface area (TPSA) is 98.4 Å². The highest BCUT2D eigenvalue weighted by molar-refractivity contribution is 6.09. The van der Waals surface area contributed by atoms with Crippen LogP contribution >= 0.6 is 0 Å². The number of nitrogens with zero attached hydrogens (tertiary/aromatic N) is 6. The molecule has 39 heavy (non-hydrogen) atoms. The Morgan fingerprint density at radius 2 is 2.10 bits per heavy atom. The summed E-state index contributed by atoms with van der Waals surface area (Å²) < 4.78 is 3.90. The lowest BCUT2D eigenvalue weighted by atomic mass is 9.78. The van der Waals surface area contributed by atoms with E-state index in [-0.39, 0.29) is 1.43 Å². The van der Waals surface area contributed by atoms with Crippen molar-refractivity contribution in [1.82, 2.24) is 19.6 Å². The number of benzene rings is 1. The first-order valence-corrected chi connectivity index (χ1v) is 13.9. The van der Waals surface area contributed by atoms with Crippen LogP contribution in [0.3, 0.4) is 0 Å². The van der Waals surface area contributed by atoms with Gasteiger partial charge in [0.15, 0.2) is 0 Å². The van der Waals surface area contributed by atoms with Gasteiger partial charge in [0.2, 0.25) is 0 Å². The summed E-state index contributed by atoms with van der Waals surface area (Å²) in [6.07, 6.45) is 12.2. The fourth-order valence-electron chi connectivity index (χ4n) is 5.79. The molecule has 3 aromatic rings. The quantitative estimate of drug-likeness (QED) is 0.402. The number of nitrogens with one attached hydrogen (secondary N) is 1. The molecule has 2 aliphatic rings. The molecule has 2 atom stereocenters. The van der Waals surface area contributed by atoms with Crippen molar-refractivity contribution in [3.8, 4) is 0 Å². The van der Waals surface area contributed by atoms with Crippen molar-refractivity contribution in [2.45, 2.75) is 58.5 Å². The number of aliphatic imine (C=N–C) groups is 2. The van der Waals surface area contributed by atoms with E-state index in [4.69, 9.17) is 15.8 Å². The summed E-state index contributed by atoms with van der Waals surface area (Å²) in [4.78, 5) is 9.48. The Kier molecular flexibility index (Phi) is 7.55. The molecule has 2 aromatic heterocycles. The lowest BCUT2D eigenvalue weighted by Gasteiger charge is -2.33. The number of hydrogen-bond donors (Lipinski definition) is 2. The average Bonchev–Trinajstić information content (AvgIpc) is 3.47. The monoisotopic (exact) mass is 526 g/mol. The maximum absolute atomic E-state index is 5.93. The molecule has 0 fully saturated rings. The minimum absolute atomic E-state index is 0. The second-order valence-electron chi connectivity index (χ2n) is 10.9. The highest BCUT2D eigenvalue weighted by Crippen LogP contribution is 2.42. The number of aromatic nitrogens is 4. The summed E-state index contributed by atoms with van der Waals surface area (Å²) in [7, 11) is 4.01. The van der Waals surface area contributed by atoms with Crippen molar-refractivity contribution in [2.24, 2.45) is 35.7 Å². The molecule has 0 amide bonds. The van der Waals surface area contributed by atoms with Gasteiger partial charge in [0, 0.05) is 70.5 Å². The van der Waals surface area contributed by atoms with Crippen LogP contribution in [-0.2, 0) is 26.9 Å². The minimum atomic E-state index is -0.394. The molecular formula is C31H42N8. The van der Waals surface area contributed by atoms with Crippen molar-refractivity contribution >= 4 is 29.4 Å². The third-order valence-corrected chi connectivity index (χ3v) is 7.88. The molecule has 1 aromatic carbocycles. The summed E-state index contributed by atoms with van der Waals surface area (Å²) in [6.45, 7) is 7.28. The van der Waals surface area contributed by atoms with Crippen LogP contribution in [0.4, 0.5) is 5.82 Å². The Morgan fingerprint density at radius 1 is 1.26 bits per heavy atom. The molecule has 1 aliphatic carbocycles. The third kappa shape index (κ3) is 5.60. The Hall–Kier alpha value is -3.94. The number of nitrogens with two attached hydrogens (primary N) is 1. The van der Waals surface area contributed by atoms with Crippen LogP contribution in [0.5, 0.6) is 0 Å². The smallest absolute Gasteiger partial charge is 0.149 e. The van der Waals surface area contributed by atoms with Crippen molar-refractivity contribution in [2.75, 3.05) is 11.9 Å². The summed E-state index contributed by atoms with van der Waals surface area (Å²) in [5, 5.41) is 13.1. The van der Waals surface area contributed by atoms with E-state index >= 15 is 0 Å². The predicted molar refractivity (Wildman–Crippen MR) is 163 cm³/mol. The van der Waals surface area contributed by atoms with Crippen molar-refractivity contribution in [3.63, 3.8) is 0 Å². The van der Waals surface area contributed by atoms with Crippen molar-refractivity contribution < 1.29 is 1.43 Å². The molecule has 2 unspecified atom stereocenters. The van der Waals surface area contributed by atoms with Crippen LogP contribution in [-0.4, -0.2) is 44.2 Å². The fraction of sp³-hybridized carbons (Fsp3) is 0.419. The maximum atomic E-state index is 5.93. The standard InChI is InChI=1S/C31H40N8.H2/c1-6-33-19-25(18-32)23-9-7-8-22(16-23)17-27-30-26(36-39(27)5)11-10-24-20-34-31(3,14-12-21(2)29(24)30)35-28-13-15-38(4)37-28;/h7-9,13,15-16,18-21H,6,10-12,14,17,32H2,1-5H3,(H,35,37);1H/b25-18+,33-19?,34-20-;. The van der Waals surface area contributed by atoms with E-state index in [9.17, 15) is 0 Å². The number of hydrogen-bond acceptors (Lipinski definition) is 6. The van der Waals surface area contributed by atoms with Gasteiger partial charge in [-0.25, -0.2) is 0 Å². The van der Waals surface area contributed by atoms with Crippen molar-refractivity contribution in [1.29, 1.82) is 0 Å². The number of allylic oxidation sites excluding steroid dienone is 3. The first-order chi connectivity index (χ1) is 18.8. The molecule has 8 heteroatoms. The summed E-state index contributed by atoms with van der Waals surface area (Å²) in [5.74, 6) is 1.25. The lowest BCUT2D eigenvalue weighted by molar-refractivity contribution is 0.443. The molecule has 0 saturated carbocycles. The molecule has 1 aliphatic heterocycles. The summed E-state index contributed by atoms with van der Waals surface area (Å²) in [5.41, 5.74) is 15.3. The van der Waals surface area contributed by atoms with Crippen molar-refractivity contribution in [3.05, 3.63) is 76.4 Å². The van der Waals surface area contributed by atoms with Crippen LogP contribution in [0.15, 0.2) is 58.3 Å². The lowest BCUT2D eigenvalue weighted by Crippen LogP contribution is -2.35. The molecule has 206 valence electrons. The first-order valence-electron chi connectivity index (χ1n) is 13.9. The largest absolute Gasteiger partial charge is 0.404 e.